The van der Waals surface area contributed by atoms with Gasteiger partial charge in [0.25, 0.3) is 0 Å². The van der Waals surface area contributed by atoms with Crippen LogP contribution in [0.1, 0.15) is 82.0 Å². The van der Waals surface area contributed by atoms with E-state index in [0.29, 0.717) is 0 Å². The Balaban J connectivity index is 0.000000136. The van der Waals surface area contributed by atoms with E-state index in [1.54, 1.807) is 0 Å². The van der Waals surface area contributed by atoms with Gasteiger partial charge in [-0.1, -0.05) is 432 Å². The fourth-order valence-corrected chi connectivity index (χ4v) is 13.1. The van der Waals surface area contributed by atoms with Crippen molar-refractivity contribution >= 4 is 21.9 Å². The van der Waals surface area contributed by atoms with E-state index in [-0.39, 0.29) is 5.41 Å². The molecule has 0 N–H and O–H groups in total. The molecule has 0 saturated carbocycles. The zero-order valence-electron chi connectivity index (χ0n) is 67.1. The van der Waals surface area contributed by atoms with Gasteiger partial charge in [-0.05, 0) is 209 Å². The molecule has 552 valence electrons. The minimum atomic E-state index is 0.285. The van der Waals surface area contributed by atoms with Crippen LogP contribution < -0.4 is 0 Å². The average molecular weight is 1440 g/mol. The lowest BCUT2D eigenvalue weighted by molar-refractivity contribution is 0.590. The molecule has 0 saturated heterocycles. The van der Waals surface area contributed by atoms with Gasteiger partial charge in [-0.2, -0.15) is 0 Å². The summed E-state index contributed by atoms with van der Waals surface area (Å²) < 4.78 is 5.78. The van der Waals surface area contributed by atoms with Gasteiger partial charge in [-0.25, -0.2) is 0 Å². The quantitative estimate of drug-likeness (QED) is 0.155. The largest absolute Gasteiger partial charge is 0.456 e. The third kappa shape index (κ3) is 24.2. The summed E-state index contributed by atoms with van der Waals surface area (Å²) in [5, 5.41) is 2.41. The lowest BCUT2D eigenvalue weighted by atomic mass is 9.87. The van der Waals surface area contributed by atoms with E-state index in [0.717, 1.165) is 11.2 Å². The highest BCUT2D eigenvalue weighted by atomic mass is 16.3. The van der Waals surface area contributed by atoms with Crippen LogP contribution in [0.2, 0.25) is 0 Å². The fraction of sp³-hybridized carbons (Fsp3) is 0.127. The van der Waals surface area contributed by atoms with E-state index in [9.17, 15) is 0 Å². The van der Waals surface area contributed by atoms with Crippen LogP contribution in [0.5, 0.6) is 0 Å². The van der Waals surface area contributed by atoms with E-state index in [4.69, 9.17) is 4.42 Å². The average Bonchev–Trinajstić information content (AvgIpc) is 1.76. The second kappa shape index (κ2) is 41.0. The number of hydrogen-bond acceptors (Lipinski definition) is 1. The lowest BCUT2D eigenvalue weighted by Crippen LogP contribution is -2.10. The first-order valence-electron chi connectivity index (χ1n) is 38.6. The summed E-state index contributed by atoms with van der Waals surface area (Å²) in [6.45, 7) is 28.0. The number of aryl methyl sites for hydroxylation is 8. The summed E-state index contributed by atoms with van der Waals surface area (Å²) in [7, 11) is 0. The van der Waals surface area contributed by atoms with Crippen molar-refractivity contribution < 1.29 is 4.42 Å². The van der Waals surface area contributed by atoms with Gasteiger partial charge in [0.1, 0.15) is 11.2 Å². The van der Waals surface area contributed by atoms with Crippen LogP contribution in [0.25, 0.3) is 99.8 Å². The third-order valence-electron chi connectivity index (χ3n) is 19.7. The molecule has 17 aromatic rings. The van der Waals surface area contributed by atoms with E-state index < -0.39 is 0 Å². The molecule has 0 aliphatic rings. The Morgan fingerprint density at radius 2 is 0.505 bits per heavy atom. The molecular formula is C110H106O. The predicted molar refractivity (Wildman–Crippen MR) is 483 cm³/mol. The van der Waals surface area contributed by atoms with Gasteiger partial charge in [0, 0.05) is 10.8 Å². The molecule has 0 aliphatic carbocycles. The van der Waals surface area contributed by atoms with Gasteiger partial charge in [0.05, 0.1) is 0 Å². The highest BCUT2D eigenvalue weighted by molar-refractivity contribution is 6.05. The van der Waals surface area contributed by atoms with Crippen LogP contribution in [-0.4, -0.2) is 0 Å². The summed E-state index contributed by atoms with van der Waals surface area (Å²) >= 11 is 0. The Hall–Kier alpha value is -12.7. The number of hydrogen-bond donors (Lipinski definition) is 0. The van der Waals surface area contributed by atoms with E-state index in [2.05, 4.69) is 460 Å². The molecular weight excluding hydrogens is 1340 g/mol. The maximum absolute atomic E-state index is 5.78. The highest BCUT2D eigenvalue weighted by Gasteiger charge is 2.13. The maximum Gasteiger partial charge on any atom is 0.138 e. The molecule has 0 atom stereocenters. The Bertz CT molecular complexity index is 5460. The molecule has 0 radical (unpaired) electrons. The summed E-state index contributed by atoms with van der Waals surface area (Å²) in [4.78, 5) is 0. The predicted octanol–water partition coefficient (Wildman–Crippen LogP) is 31.4. The Labute approximate surface area is 663 Å². The molecule has 16 aromatic carbocycles. The van der Waals surface area contributed by atoms with Crippen molar-refractivity contribution in [1.29, 1.82) is 0 Å². The molecule has 1 heterocycles. The SMILES string of the molecule is Cc1c(-c2ccccc2)cccc1-c1ccccc1.Cc1cc(-c2ccccc2)cc(-c2ccccc2)c1.Cc1ccc(-c2ccccc2)cc1.Cc1ccc(C(C)(C)C)cc1.Cc1cccc(-c2ccccc2)c1.Cc1cccc(C)c1C.Cc1cccc2c1oc1ccccc12.Cc1ccccc1-c1ccccc1. The number of benzene rings is 16. The molecule has 0 amide bonds. The topological polar surface area (TPSA) is 13.1 Å². The Morgan fingerprint density at radius 1 is 0.189 bits per heavy atom. The second-order valence-electron chi connectivity index (χ2n) is 29.4. The number of furan rings is 1. The first kappa shape index (κ1) is 80.9. The van der Waals surface area contributed by atoms with Gasteiger partial charge in [0.15, 0.2) is 0 Å². The van der Waals surface area contributed by atoms with Crippen LogP contribution in [0.4, 0.5) is 0 Å². The van der Waals surface area contributed by atoms with Crippen LogP contribution in [-0.2, 0) is 5.41 Å². The van der Waals surface area contributed by atoms with Gasteiger partial charge in [0.2, 0.25) is 0 Å². The molecule has 0 unspecified atom stereocenters. The maximum atomic E-state index is 5.78. The molecule has 1 aromatic heterocycles. The molecule has 1 nitrogen and oxygen atoms in total. The van der Waals surface area contributed by atoms with Crippen LogP contribution >= 0.6 is 0 Å². The minimum Gasteiger partial charge on any atom is -0.456 e. The Morgan fingerprint density at radius 3 is 0.955 bits per heavy atom. The molecule has 111 heavy (non-hydrogen) atoms. The van der Waals surface area contributed by atoms with E-state index in [1.165, 1.54) is 150 Å². The van der Waals surface area contributed by atoms with Crippen molar-refractivity contribution in [2.24, 2.45) is 0 Å². The number of rotatable bonds is 7. The normalized spacial score (nSPS) is 10.4. The molecule has 0 aliphatic heterocycles. The summed E-state index contributed by atoms with van der Waals surface area (Å²) in [5.41, 5.74) is 34.9. The monoisotopic (exact) mass is 1440 g/mol. The lowest BCUT2D eigenvalue weighted by Gasteiger charge is -2.18. The molecule has 1 heteroatoms. The third-order valence-corrected chi connectivity index (χ3v) is 19.7. The first-order chi connectivity index (χ1) is 53.9. The van der Waals surface area contributed by atoms with E-state index >= 15 is 0 Å². The van der Waals surface area contributed by atoms with Crippen molar-refractivity contribution in [2.45, 2.75) is 95.4 Å². The fourth-order valence-electron chi connectivity index (χ4n) is 13.1. The summed E-state index contributed by atoms with van der Waals surface area (Å²) in [5.74, 6) is 0. The van der Waals surface area contributed by atoms with E-state index in [1.807, 2.05) is 36.4 Å². The Kier molecular flexibility index (Phi) is 29.9. The smallest absolute Gasteiger partial charge is 0.138 e. The van der Waals surface area contributed by atoms with Gasteiger partial charge in [-0.3, -0.25) is 0 Å². The zero-order valence-corrected chi connectivity index (χ0v) is 67.1. The number of fused-ring (bicyclic) bond motifs is 3. The van der Waals surface area contributed by atoms with Crippen molar-refractivity contribution in [1.82, 2.24) is 0 Å². The van der Waals surface area contributed by atoms with Crippen LogP contribution in [0.3, 0.4) is 0 Å². The van der Waals surface area contributed by atoms with Crippen molar-refractivity contribution in [3.63, 3.8) is 0 Å². The summed E-state index contributed by atoms with van der Waals surface area (Å²) in [6, 6.07) is 142. The first-order valence-corrected chi connectivity index (χ1v) is 38.6. The van der Waals surface area contributed by atoms with Gasteiger partial charge in [-0.15, -0.1) is 0 Å². The molecule has 0 spiro atoms. The van der Waals surface area contributed by atoms with Gasteiger partial charge < -0.3 is 4.42 Å². The molecule has 0 bridgehead atoms. The van der Waals surface area contributed by atoms with Crippen molar-refractivity contribution in [3.05, 3.63) is 468 Å². The van der Waals surface area contributed by atoms with Crippen molar-refractivity contribution in [3.8, 4) is 77.9 Å². The highest BCUT2D eigenvalue weighted by Crippen LogP contribution is 2.34. The van der Waals surface area contributed by atoms with Crippen LogP contribution in [0, 0.1) is 69.2 Å². The zero-order chi connectivity index (χ0) is 78.3. The minimum absolute atomic E-state index is 0.285. The summed E-state index contributed by atoms with van der Waals surface area (Å²) in [6.07, 6.45) is 0. The van der Waals surface area contributed by atoms with Crippen LogP contribution in [0.15, 0.2) is 411 Å². The molecule has 17 rings (SSSR count). The second-order valence-corrected chi connectivity index (χ2v) is 29.4. The molecule has 0 fully saturated rings. The number of para-hydroxylation sites is 2. The van der Waals surface area contributed by atoms with Gasteiger partial charge >= 0.3 is 0 Å². The van der Waals surface area contributed by atoms with Crippen molar-refractivity contribution in [2.75, 3.05) is 0 Å². The standard InChI is InChI=1S/2C19H16.C13H10O.3C13H12.C11H16.C9H12/c1-15-18(16-9-4-2-5-10-16)13-8-14-19(15)17-11-6-3-7-12-17;1-15-12-18(16-8-4-2-5-9-16)14-19(13-15)17-10-6-3-7-11-17;1-9-5-4-7-11-10-6-2-3-8-12(10)14-13(9)11;1-11-7-5-6-10-13(11)12-8-3-2-4-9-12;1-11-6-5-9-13(10-11)12-7-3-2-4-8-12;1-11-7-9-13(10-8-11)12-5-3-2-4-6-12;1-9-5-7-10(8-6-9)11(2,3)4;1-7-5-4-6-8(2)9(7)3/h2*2-14H,1H3;2-8H,1H3;3*2-10H,1H3;5-8H,1-4H3;4-6H,1-3H3.